The number of nitrogens with zero attached hydrogens (tertiary/aromatic N) is 3. The summed E-state index contributed by atoms with van der Waals surface area (Å²) < 4.78 is 26.5. The molecule has 7 heteroatoms. The highest BCUT2D eigenvalue weighted by molar-refractivity contribution is 7.89. The maximum atomic E-state index is 12.6. The zero-order chi connectivity index (χ0) is 15.5. The Labute approximate surface area is 128 Å². The van der Waals surface area contributed by atoms with Crippen molar-refractivity contribution in [3.63, 3.8) is 0 Å². The maximum Gasteiger partial charge on any atom is 0.245 e. The van der Waals surface area contributed by atoms with E-state index in [1.807, 2.05) is 30.5 Å². The minimum atomic E-state index is -3.73. The van der Waals surface area contributed by atoms with E-state index in [0.29, 0.717) is 6.42 Å². The van der Waals surface area contributed by atoms with E-state index in [1.165, 1.54) is 29.7 Å². The van der Waals surface area contributed by atoms with Gasteiger partial charge in [-0.1, -0.05) is 6.07 Å². The molecule has 110 valence electrons. The monoisotopic (exact) mass is 321 g/mol. The summed E-state index contributed by atoms with van der Waals surface area (Å²) in [5.41, 5.74) is -0.0762. The van der Waals surface area contributed by atoms with Gasteiger partial charge in [0.05, 0.1) is 0 Å². The number of likely N-dealkylation sites (N-methyl/N-ethyl adjacent to an activating group) is 1. The normalized spacial score (nSPS) is 13.0. The summed E-state index contributed by atoms with van der Waals surface area (Å²) in [5, 5.41) is 11.0. The molecule has 2 rings (SSSR count). The van der Waals surface area contributed by atoms with Gasteiger partial charge < -0.3 is 0 Å². The fourth-order valence-electron chi connectivity index (χ4n) is 1.92. The van der Waals surface area contributed by atoms with Crippen LogP contribution >= 0.6 is 11.3 Å². The lowest BCUT2D eigenvalue weighted by Gasteiger charge is -2.24. The van der Waals surface area contributed by atoms with Crippen LogP contribution in [0.25, 0.3) is 0 Å². The number of sulfonamides is 1. The minimum absolute atomic E-state index is 0.0481. The second-order valence-electron chi connectivity index (χ2n) is 4.62. The van der Waals surface area contributed by atoms with Crippen molar-refractivity contribution in [3.05, 3.63) is 46.4 Å². The molecular weight excluding hydrogens is 306 g/mol. The van der Waals surface area contributed by atoms with Gasteiger partial charge in [-0.3, -0.25) is 0 Å². The summed E-state index contributed by atoms with van der Waals surface area (Å²) in [5.74, 6) is 0. The van der Waals surface area contributed by atoms with E-state index in [0.717, 1.165) is 4.88 Å². The van der Waals surface area contributed by atoms with Gasteiger partial charge >= 0.3 is 0 Å². The maximum absolute atomic E-state index is 12.6. The Kier molecular flexibility index (Phi) is 4.73. The average Bonchev–Trinajstić information content (AvgIpc) is 2.99. The van der Waals surface area contributed by atoms with E-state index >= 15 is 0 Å². The number of hydrogen-bond acceptors (Lipinski definition) is 5. The van der Waals surface area contributed by atoms with Crippen molar-refractivity contribution >= 4 is 21.4 Å². The highest BCUT2D eigenvalue weighted by Gasteiger charge is 2.28. The smallest absolute Gasteiger partial charge is 0.244 e. The molecular formula is C14H15N3O2S2. The van der Waals surface area contributed by atoms with Crippen molar-refractivity contribution < 1.29 is 8.42 Å². The van der Waals surface area contributed by atoms with Crippen LogP contribution < -0.4 is 0 Å². The van der Waals surface area contributed by atoms with Gasteiger partial charge in [-0.15, -0.1) is 11.3 Å². The third-order valence-corrected chi connectivity index (χ3v) is 6.13. The molecule has 0 saturated heterocycles. The first-order valence-electron chi connectivity index (χ1n) is 6.32. The number of rotatable bonds is 5. The van der Waals surface area contributed by atoms with Crippen LogP contribution in [0, 0.1) is 11.3 Å². The fourth-order valence-corrected chi connectivity index (χ4v) is 4.20. The molecule has 0 N–H and O–H groups in total. The minimum Gasteiger partial charge on any atom is -0.244 e. The standard InChI is InChI=1S/C14H15N3O2S2/c1-11(9-12-5-4-8-20-12)17(2)21(18,19)14-6-3-7-16-13(14)10-15/h3-8,11H,9H2,1-2H3. The molecule has 2 aromatic rings. The van der Waals surface area contributed by atoms with Crippen LogP contribution in [0.3, 0.4) is 0 Å². The highest BCUT2D eigenvalue weighted by atomic mass is 32.2. The van der Waals surface area contributed by atoms with Crippen LogP contribution in [0.4, 0.5) is 0 Å². The zero-order valence-electron chi connectivity index (χ0n) is 11.7. The topological polar surface area (TPSA) is 74.1 Å². The number of hydrogen-bond donors (Lipinski definition) is 0. The SMILES string of the molecule is CC(Cc1cccs1)N(C)S(=O)(=O)c1cccnc1C#N. The number of thiophene rings is 1. The lowest BCUT2D eigenvalue weighted by Crippen LogP contribution is -2.36. The third-order valence-electron chi connectivity index (χ3n) is 3.23. The molecule has 0 aromatic carbocycles. The third kappa shape index (κ3) is 3.29. The largest absolute Gasteiger partial charge is 0.245 e. The molecule has 5 nitrogen and oxygen atoms in total. The predicted octanol–water partition coefficient (Wildman–Crippen LogP) is 2.27. The van der Waals surface area contributed by atoms with Crippen LogP contribution in [0.2, 0.25) is 0 Å². The Morgan fingerprint density at radius 1 is 1.43 bits per heavy atom. The van der Waals surface area contributed by atoms with E-state index in [2.05, 4.69) is 4.98 Å². The Morgan fingerprint density at radius 2 is 2.19 bits per heavy atom. The Balaban J connectivity index is 2.28. The van der Waals surface area contributed by atoms with Gasteiger partial charge in [0.15, 0.2) is 5.69 Å². The van der Waals surface area contributed by atoms with Crippen molar-refractivity contribution in [2.75, 3.05) is 7.05 Å². The van der Waals surface area contributed by atoms with Gasteiger partial charge in [-0.25, -0.2) is 13.4 Å². The summed E-state index contributed by atoms with van der Waals surface area (Å²) in [6.45, 7) is 1.85. The van der Waals surface area contributed by atoms with Crippen molar-refractivity contribution in [3.8, 4) is 6.07 Å². The quantitative estimate of drug-likeness (QED) is 0.846. The van der Waals surface area contributed by atoms with Crippen molar-refractivity contribution in [1.82, 2.24) is 9.29 Å². The molecule has 0 amide bonds. The van der Waals surface area contributed by atoms with Crippen LogP contribution in [0.15, 0.2) is 40.7 Å². The van der Waals surface area contributed by atoms with Crippen molar-refractivity contribution in [1.29, 1.82) is 5.26 Å². The first-order valence-corrected chi connectivity index (χ1v) is 8.64. The zero-order valence-corrected chi connectivity index (χ0v) is 13.4. The molecule has 1 unspecified atom stereocenters. The van der Waals surface area contributed by atoms with Gasteiger partial charge in [-0.2, -0.15) is 9.57 Å². The molecule has 0 fully saturated rings. The number of aromatic nitrogens is 1. The van der Waals surface area contributed by atoms with Crippen LogP contribution in [-0.4, -0.2) is 30.8 Å². The molecule has 2 heterocycles. The van der Waals surface area contributed by atoms with Gasteiger partial charge in [0, 0.05) is 24.2 Å². The van der Waals surface area contributed by atoms with E-state index in [-0.39, 0.29) is 16.6 Å². The van der Waals surface area contributed by atoms with Crippen molar-refractivity contribution in [2.45, 2.75) is 24.3 Å². The van der Waals surface area contributed by atoms with E-state index in [1.54, 1.807) is 11.3 Å². The first kappa shape index (κ1) is 15.6. The summed E-state index contributed by atoms with van der Waals surface area (Å²) in [4.78, 5) is 4.89. The van der Waals surface area contributed by atoms with Gasteiger partial charge in [-0.05, 0) is 36.9 Å². The summed E-state index contributed by atoms with van der Waals surface area (Å²) in [6.07, 6.45) is 2.04. The van der Waals surface area contributed by atoms with Gasteiger partial charge in [0.25, 0.3) is 0 Å². The van der Waals surface area contributed by atoms with Gasteiger partial charge in [0.1, 0.15) is 11.0 Å². The van der Waals surface area contributed by atoms with Crippen molar-refractivity contribution in [2.24, 2.45) is 0 Å². The first-order chi connectivity index (χ1) is 9.96. The average molecular weight is 321 g/mol. The van der Waals surface area contributed by atoms with Gasteiger partial charge in [0.2, 0.25) is 10.0 Å². The molecule has 2 aromatic heterocycles. The summed E-state index contributed by atoms with van der Waals surface area (Å²) in [6, 6.07) is 8.47. The predicted molar refractivity (Wildman–Crippen MR) is 81.4 cm³/mol. The van der Waals surface area contributed by atoms with E-state index < -0.39 is 10.0 Å². The Morgan fingerprint density at radius 3 is 2.81 bits per heavy atom. The molecule has 0 aliphatic carbocycles. The van der Waals surface area contributed by atoms with E-state index in [4.69, 9.17) is 5.26 Å². The second-order valence-corrected chi connectivity index (χ2v) is 7.61. The fraction of sp³-hybridized carbons (Fsp3) is 0.286. The molecule has 0 spiro atoms. The molecule has 0 saturated carbocycles. The van der Waals surface area contributed by atoms with Crippen LogP contribution in [0.1, 0.15) is 17.5 Å². The Bertz CT molecular complexity index is 749. The lowest BCUT2D eigenvalue weighted by molar-refractivity contribution is 0.388. The molecule has 0 bridgehead atoms. The second kappa shape index (κ2) is 6.35. The van der Waals surface area contributed by atoms with Crippen LogP contribution in [-0.2, 0) is 16.4 Å². The molecule has 21 heavy (non-hydrogen) atoms. The highest BCUT2D eigenvalue weighted by Crippen LogP contribution is 2.21. The number of nitriles is 1. The Hall–Kier alpha value is -1.75. The molecule has 0 radical (unpaired) electrons. The van der Waals surface area contributed by atoms with Crippen LogP contribution in [0.5, 0.6) is 0 Å². The molecule has 0 aliphatic heterocycles. The molecule has 1 atom stereocenters. The summed E-state index contributed by atoms with van der Waals surface area (Å²) >= 11 is 1.60. The number of pyridine rings is 1. The van der Waals surface area contributed by atoms with E-state index in [9.17, 15) is 8.42 Å². The lowest BCUT2D eigenvalue weighted by atomic mass is 10.2. The molecule has 0 aliphatic rings. The summed E-state index contributed by atoms with van der Waals surface area (Å²) in [7, 11) is -2.20.